The van der Waals surface area contributed by atoms with Crippen LogP contribution in [0, 0.1) is 17.1 Å². The summed E-state index contributed by atoms with van der Waals surface area (Å²) in [6.45, 7) is 0. The third-order valence-electron chi connectivity index (χ3n) is 1.68. The van der Waals surface area contributed by atoms with Crippen LogP contribution in [0.15, 0.2) is 6.20 Å². The molecule has 1 aromatic heterocycles. The van der Waals surface area contributed by atoms with E-state index in [0.29, 0.717) is 6.20 Å². The number of nitriles is 1. The number of aromatic nitrogens is 1. The quantitative estimate of drug-likeness (QED) is 0.793. The number of halogens is 3. The maximum atomic E-state index is 12.9. The van der Waals surface area contributed by atoms with Crippen molar-refractivity contribution in [1.82, 2.24) is 4.98 Å². The van der Waals surface area contributed by atoms with Crippen LogP contribution in [0.25, 0.3) is 0 Å². The lowest BCUT2D eigenvalue weighted by atomic mass is 10.1. The second-order valence-electron chi connectivity index (χ2n) is 2.52. The largest absolute Gasteiger partial charge is 0.383 e. The molecular formula is C8H6F3N3. The van der Waals surface area contributed by atoms with Crippen LogP contribution in [0.2, 0.25) is 0 Å². The molecule has 0 aliphatic heterocycles. The molecule has 3 nitrogen and oxygen atoms in total. The van der Waals surface area contributed by atoms with E-state index in [1.54, 1.807) is 6.07 Å². The van der Waals surface area contributed by atoms with Crippen LogP contribution in [0.4, 0.5) is 19.0 Å². The predicted molar refractivity (Wildman–Crippen MR) is 42.9 cm³/mol. The van der Waals surface area contributed by atoms with Crippen LogP contribution in [0.5, 0.6) is 0 Å². The minimum absolute atomic E-state index is 0.233. The number of nitrogens with two attached hydrogens (primary N) is 1. The molecule has 0 unspecified atom stereocenters. The van der Waals surface area contributed by atoms with E-state index in [9.17, 15) is 13.2 Å². The highest BCUT2D eigenvalue weighted by Crippen LogP contribution is 2.28. The minimum Gasteiger partial charge on any atom is -0.383 e. The summed E-state index contributed by atoms with van der Waals surface area (Å²) < 4.78 is 37.6. The van der Waals surface area contributed by atoms with Gasteiger partial charge in [-0.3, -0.25) is 0 Å². The van der Waals surface area contributed by atoms with E-state index in [0.717, 1.165) is 0 Å². The lowest BCUT2D eigenvalue weighted by molar-refractivity contribution is 0.145. The first kappa shape index (κ1) is 10.3. The van der Waals surface area contributed by atoms with Crippen molar-refractivity contribution in [2.45, 2.75) is 12.8 Å². The minimum atomic E-state index is -3.00. The maximum Gasteiger partial charge on any atom is 0.267 e. The van der Waals surface area contributed by atoms with E-state index < -0.39 is 17.8 Å². The van der Waals surface area contributed by atoms with Crippen LogP contribution in [0.1, 0.15) is 17.6 Å². The third-order valence-corrected chi connectivity index (χ3v) is 1.68. The van der Waals surface area contributed by atoms with Crippen molar-refractivity contribution in [2.75, 3.05) is 5.73 Å². The molecule has 0 aliphatic rings. The fraction of sp³-hybridized carbons (Fsp3) is 0.250. The number of rotatable bonds is 2. The van der Waals surface area contributed by atoms with Crippen molar-refractivity contribution >= 4 is 5.82 Å². The van der Waals surface area contributed by atoms with E-state index in [1.165, 1.54) is 0 Å². The third kappa shape index (κ3) is 1.76. The zero-order valence-corrected chi connectivity index (χ0v) is 6.97. The van der Waals surface area contributed by atoms with Crippen LogP contribution in [-0.2, 0) is 6.42 Å². The molecule has 6 heteroatoms. The summed E-state index contributed by atoms with van der Waals surface area (Å²) in [5.74, 6) is -1.37. The Morgan fingerprint density at radius 3 is 2.71 bits per heavy atom. The molecule has 0 amide bonds. The van der Waals surface area contributed by atoms with E-state index in [2.05, 4.69) is 4.98 Å². The number of hydrogen-bond donors (Lipinski definition) is 1. The summed E-state index contributed by atoms with van der Waals surface area (Å²) in [5.41, 5.74) is 4.18. The monoisotopic (exact) mass is 201 g/mol. The highest BCUT2D eigenvalue weighted by atomic mass is 19.3. The Kier molecular flexibility index (Phi) is 2.92. The lowest BCUT2D eigenvalue weighted by Gasteiger charge is -2.08. The van der Waals surface area contributed by atoms with Gasteiger partial charge in [0.2, 0.25) is 0 Å². The van der Waals surface area contributed by atoms with Crippen molar-refractivity contribution < 1.29 is 13.2 Å². The molecule has 0 fully saturated rings. The topological polar surface area (TPSA) is 62.7 Å². The molecule has 74 valence electrons. The van der Waals surface area contributed by atoms with Gasteiger partial charge in [-0.05, 0) is 0 Å². The fourth-order valence-electron chi connectivity index (χ4n) is 1.06. The molecule has 0 bridgehead atoms. The molecule has 1 aromatic rings. The van der Waals surface area contributed by atoms with Gasteiger partial charge < -0.3 is 5.73 Å². The fourth-order valence-corrected chi connectivity index (χ4v) is 1.06. The number of hydrogen-bond acceptors (Lipinski definition) is 3. The summed E-state index contributed by atoms with van der Waals surface area (Å²) in [4.78, 5) is 3.36. The van der Waals surface area contributed by atoms with Gasteiger partial charge in [-0.15, -0.1) is 0 Å². The number of nitrogens with zero attached hydrogens (tertiary/aromatic N) is 2. The van der Waals surface area contributed by atoms with Crippen LogP contribution in [-0.4, -0.2) is 4.98 Å². The van der Waals surface area contributed by atoms with Crippen molar-refractivity contribution in [1.29, 1.82) is 5.26 Å². The smallest absolute Gasteiger partial charge is 0.267 e. The maximum absolute atomic E-state index is 12.9. The van der Waals surface area contributed by atoms with Crippen LogP contribution < -0.4 is 5.73 Å². The SMILES string of the molecule is N#CCc1c(N)ncc(F)c1C(F)F. The van der Waals surface area contributed by atoms with Gasteiger partial charge in [0.15, 0.2) is 5.82 Å². The summed E-state index contributed by atoms with van der Waals surface area (Å²) in [6.07, 6.45) is -2.75. The summed E-state index contributed by atoms with van der Waals surface area (Å²) in [7, 11) is 0. The number of pyridine rings is 1. The summed E-state index contributed by atoms with van der Waals surface area (Å²) in [5, 5.41) is 8.34. The molecule has 1 heterocycles. The van der Waals surface area contributed by atoms with Crippen molar-refractivity contribution in [3.8, 4) is 6.07 Å². The Bertz CT molecular complexity index is 384. The number of alkyl halides is 2. The van der Waals surface area contributed by atoms with Gasteiger partial charge in [0.25, 0.3) is 6.43 Å². The van der Waals surface area contributed by atoms with Gasteiger partial charge in [0, 0.05) is 5.56 Å². The average Bonchev–Trinajstić information content (AvgIpc) is 2.11. The molecule has 14 heavy (non-hydrogen) atoms. The van der Waals surface area contributed by atoms with Crippen molar-refractivity contribution in [2.24, 2.45) is 0 Å². The molecular weight excluding hydrogens is 195 g/mol. The first-order valence-corrected chi connectivity index (χ1v) is 3.65. The van der Waals surface area contributed by atoms with Gasteiger partial charge in [0.05, 0.1) is 24.3 Å². The number of anilines is 1. The van der Waals surface area contributed by atoms with Crippen molar-refractivity contribution in [3.05, 3.63) is 23.1 Å². The van der Waals surface area contributed by atoms with Gasteiger partial charge in [-0.1, -0.05) is 0 Å². The highest BCUT2D eigenvalue weighted by Gasteiger charge is 2.20. The highest BCUT2D eigenvalue weighted by molar-refractivity contribution is 5.47. The van der Waals surface area contributed by atoms with E-state index >= 15 is 0 Å². The summed E-state index contributed by atoms with van der Waals surface area (Å²) in [6, 6.07) is 1.63. The van der Waals surface area contributed by atoms with Gasteiger partial charge in [-0.25, -0.2) is 18.2 Å². The van der Waals surface area contributed by atoms with E-state index in [-0.39, 0.29) is 17.8 Å². The van der Waals surface area contributed by atoms with E-state index in [4.69, 9.17) is 11.0 Å². The Hall–Kier alpha value is -1.77. The molecule has 1 rings (SSSR count). The molecule has 0 radical (unpaired) electrons. The van der Waals surface area contributed by atoms with Gasteiger partial charge in [-0.2, -0.15) is 5.26 Å². The van der Waals surface area contributed by atoms with Crippen LogP contribution in [0.3, 0.4) is 0 Å². The first-order valence-electron chi connectivity index (χ1n) is 3.65. The average molecular weight is 201 g/mol. The Morgan fingerprint density at radius 2 is 2.21 bits per heavy atom. The lowest BCUT2D eigenvalue weighted by Crippen LogP contribution is -2.05. The van der Waals surface area contributed by atoms with Crippen LogP contribution >= 0.6 is 0 Å². The molecule has 0 saturated heterocycles. The Labute approximate surface area is 78.0 Å². The standard InChI is InChI=1S/C8H6F3N3/c9-5-3-14-8(13)4(1-2-12)6(5)7(10)11/h3,7H,1H2,(H2,13,14). The summed E-state index contributed by atoms with van der Waals surface area (Å²) >= 11 is 0. The molecule has 0 atom stereocenters. The van der Waals surface area contributed by atoms with Gasteiger partial charge in [0.1, 0.15) is 5.82 Å². The second-order valence-corrected chi connectivity index (χ2v) is 2.52. The molecule has 0 saturated carbocycles. The molecule has 2 N–H and O–H groups in total. The molecule has 0 aromatic carbocycles. The second kappa shape index (κ2) is 3.96. The van der Waals surface area contributed by atoms with E-state index in [1.807, 2.05) is 0 Å². The number of nitrogen functional groups attached to an aromatic ring is 1. The zero-order valence-electron chi connectivity index (χ0n) is 6.97. The van der Waals surface area contributed by atoms with Crippen molar-refractivity contribution in [3.63, 3.8) is 0 Å². The molecule has 0 aliphatic carbocycles. The first-order chi connectivity index (χ1) is 6.57. The Morgan fingerprint density at radius 1 is 1.57 bits per heavy atom. The molecule has 0 spiro atoms. The predicted octanol–water partition coefficient (Wildman–Crippen LogP) is 1.81. The normalized spacial score (nSPS) is 10.2. The van der Waals surface area contributed by atoms with Gasteiger partial charge >= 0.3 is 0 Å². The Balaban J connectivity index is 3.35. The zero-order chi connectivity index (χ0) is 10.7.